The second kappa shape index (κ2) is 5.56. The molecular formula is C12H14F2N2OS. The van der Waals surface area contributed by atoms with Crippen molar-refractivity contribution in [1.82, 2.24) is 5.32 Å². The molecule has 1 fully saturated rings. The fourth-order valence-corrected chi connectivity index (χ4v) is 3.13. The zero-order chi connectivity index (χ0) is 13.1. The number of hydrogen-bond acceptors (Lipinski definition) is 3. The summed E-state index contributed by atoms with van der Waals surface area (Å²) in [6.45, 7) is 0.444. The van der Waals surface area contributed by atoms with Crippen molar-refractivity contribution in [1.29, 1.82) is 0 Å². The Kier molecular flexibility index (Phi) is 4.06. The van der Waals surface area contributed by atoms with E-state index in [-0.39, 0.29) is 5.69 Å². The number of rotatable bonds is 3. The van der Waals surface area contributed by atoms with Crippen LogP contribution in [-0.4, -0.2) is 24.0 Å². The molecule has 1 aliphatic rings. The van der Waals surface area contributed by atoms with Gasteiger partial charge in [-0.05, 0) is 36.0 Å². The maximum absolute atomic E-state index is 13.6. The molecular weight excluding hydrogens is 258 g/mol. The van der Waals surface area contributed by atoms with Gasteiger partial charge in [0.2, 0.25) is 0 Å². The van der Waals surface area contributed by atoms with Gasteiger partial charge in [0.25, 0.3) is 5.91 Å². The van der Waals surface area contributed by atoms with Gasteiger partial charge in [-0.1, -0.05) is 0 Å². The van der Waals surface area contributed by atoms with E-state index in [0.29, 0.717) is 12.5 Å². The van der Waals surface area contributed by atoms with E-state index in [9.17, 15) is 13.6 Å². The molecule has 2 rings (SSSR count). The molecule has 0 bridgehead atoms. The number of amides is 1. The van der Waals surface area contributed by atoms with E-state index >= 15 is 0 Å². The highest BCUT2D eigenvalue weighted by atomic mass is 32.2. The summed E-state index contributed by atoms with van der Waals surface area (Å²) in [5, 5.41) is 2.56. The topological polar surface area (TPSA) is 55.1 Å². The average Bonchev–Trinajstić information content (AvgIpc) is 2.85. The lowest BCUT2D eigenvalue weighted by Crippen LogP contribution is -2.30. The highest BCUT2D eigenvalue weighted by molar-refractivity contribution is 7.99. The maximum atomic E-state index is 13.6. The van der Waals surface area contributed by atoms with Crippen LogP contribution in [0, 0.1) is 17.6 Å². The summed E-state index contributed by atoms with van der Waals surface area (Å²) in [5.74, 6) is -0.197. The van der Waals surface area contributed by atoms with Crippen molar-refractivity contribution in [2.45, 2.75) is 6.42 Å². The van der Waals surface area contributed by atoms with Crippen LogP contribution in [0.5, 0.6) is 0 Å². The van der Waals surface area contributed by atoms with Crippen molar-refractivity contribution >= 4 is 23.4 Å². The smallest absolute Gasteiger partial charge is 0.257 e. The predicted molar refractivity (Wildman–Crippen MR) is 68.5 cm³/mol. The summed E-state index contributed by atoms with van der Waals surface area (Å²) < 4.78 is 27.0. The molecule has 98 valence electrons. The van der Waals surface area contributed by atoms with Crippen LogP contribution in [0.15, 0.2) is 12.1 Å². The molecule has 0 saturated carbocycles. The number of nitrogens with two attached hydrogens (primary N) is 1. The van der Waals surface area contributed by atoms with Gasteiger partial charge in [0, 0.05) is 6.54 Å². The van der Waals surface area contributed by atoms with E-state index in [1.807, 2.05) is 11.8 Å². The number of benzene rings is 1. The van der Waals surface area contributed by atoms with Crippen LogP contribution < -0.4 is 11.1 Å². The molecule has 3 nitrogen and oxygen atoms in total. The monoisotopic (exact) mass is 272 g/mol. The first-order valence-electron chi connectivity index (χ1n) is 5.69. The van der Waals surface area contributed by atoms with Crippen LogP contribution >= 0.6 is 11.8 Å². The van der Waals surface area contributed by atoms with E-state index in [4.69, 9.17) is 5.73 Å². The molecule has 1 aromatic carbocycles. The van der Waals surface area contributed by atoms with Crippen LogP contribution in [0.3, 0.4) is 0 Å². The van der Waals surface area contributed by atoms with Gasteiger partial charge in [0.1, 0.15) is 11.4 Å². The second-order valence-electron chi connectivity index (χ2n) is 4.27. The third-order valence-electron chi connectivity index (χ3n) is 2.92. The van der Waals surface area contributed by atoms with Crippen LogP contribution in [-0.2, 0) is 0 Å². The molecule has 1 heterocycles. The summed E-state index contributed by atoms with van der Waals surface area (Å²) in [4.78, 5) is 11.7. The molecule has 1 unspecified atom stereocenters. The van der Waals surface area contributed by atoms with Gasteiger partial charge in [-0.3, -0.25) is 4.79 Å². The number of carbonyl (C=O) groups is 1. The van der Waals surface area contributed by atoms with Crippen molar-refractivity contribution < 1.29 is 13.6 Å². The van der Waals surface area contributed by atoms with Gasteiger partial charge in [0.05, 0.1) is 5.69 Å². The third-order valence-corrected chi connectivity index (χ3v) is 4.15. The van der Waals surface area contributed by atoms with E-state index in [2.05, 4.69) is 5.32 Å². The first-order chi connectivity index (χ1) is 8.59. The summed E-state index contributed by atoms with van der Waals surface area (Å²) >= 11 is 1.82. The lowest BCUT2D eigenvalue weighted by atomic mass is 10.1. The minimum absolute atomic E-state index is 0.224. The molecule has 1 aliphatic heterocycles. The molecule has 0 radical (unpaired) electrons. The Morgan fingerprint density at radius 3 is 2.94 bits per heavy atom. The molecule has 6 heteroatoms. The van der Waals surface area contributed by atoms with E-state index in [0.717, 1.165) is 30.1 Å². The number of hydrogen-bond donors (Lipinski definition) is 2. The first-order valence-corrected chi connectivity index (χ1v) is 6.84. The largest absolute Gasteiger partial charge is 0.396 e. The van der Waals surface area contributed by atoms with Crippen molar-refractivity contribution in [3.05, 3.63) is 29.3 Å². The average molecular weight is 272 g/mol. The van der Waals surface area contributed by atoms with Crippen molar-refractivity contribution in [3.8, 4) is 0 Å². The fourth-order valence-electron chi connectivity index (χ4n) is 1.85. The predicted octanol–water partition coefficient (Wildman–Crippen LogP) is 2.03. The molecule has 18 heavy (non-hydrogen) atoms. The van der Waals surface area contributed by atoms with Gasteiger partial charge in [-0.15, -0.1) is 0 Å². The summed E-state index contributed by atoms with van der Waals surface area (Å²) in [6.07, 6.45) is 1.02. The Morgan fingerprint density at radius 1 is 1.50 bits per heavy atom. The molecule has 0 spiro atoms. The highest BCUT2D eigenvalue weighted by Crippen LogP contribution is 2.23. The maximum Gasteiger partial charge on any atom is 0.257 e. The molecule has 0 aromatic heterocycles. The van der Waals surface area contributed by atoms with Crippen LogP contribution in [0.1, 0.15) is 16.8 Å². The standard InChI is InChI=1S/C12H14F2N2OS/c13-8-1-2-9(15)11(14)10(8)12(17)16-5-7-3-4-18-6-7/h1-2,7H,3-6,15H2,(H,16,17). The Labute approximate surface area is 108 Å². The highest BCUT2D eigenvalue weighted by Gasteiger charge is 2.21. The molecule has 1 amide bonds. The lowest BCUT2D eigenvalue weighted by molar-refractivity contribution is 0.0940. The van der Waals surface area contributed by atoms with Gasteiger partial charge in [-0.2, -0.15) is 11.8 Å². The Hall–Kier alpha value is -1.30. The van der Waals surface area contributed by atoms with E-state index in [1.54, 1.807) is 0 Å². The summed E-state index contributed by atoms with van der Waals surface area (Å²) in [7, 11) is 0. The van der Waals surface area contributed by atoms with Gasteiger partial charge < -0.3 is 11.1 Å². The Balaban J connectivity index is 2.06. The molecule has 1 atom stereocenters. The first kappa shape index (κ1) is 13.1. The SMILES string of the molecule is Nc1ccc(F)c(C(=O)NCC2CCSC2)c1F. The number of halogens is 2. The molecule has 1 aromatic rings. The zero-order valence-corrected chi connectivity index (χ0v) is 10.5. The zero-order valence-electron chi connectivity index (χ0n) is 9.71. The van der Waals surface area contributed by atoms with Crippen molar-refractivity contribution in [2.24, 2.45) is 5.92 Å². The van der Waals surface area contributed by atoms with Gasteiger partial charge in [0.15, 0.2) is 5.82 Å². The van der Waals surface area contributed by atoms with Gasteiger partial charge >= 0.3 is 0 Å². The Morgan fingerprint density at radius 2 is 2.28 bits per heavy atom. The van der Waals surface area contributed by atoms with Crippen LogP contribution in [0.4, 0.5) is 14.5 Å². The van der Waals surface area contributed by atoms with Crippen molar-refractivity contribution in [3.63, 3.8) is 0 Å². The van der Waals surface area contributed by atoms with Crippen molar-refractivity contribution in [2.75, 3.05) is 23.8 Å². The molecule has 3 N–H and O–H groups in total. The Bertz CT molecular complexity index is 462. The minimum Gasteiger partial charge on any atom is -0.396 e. The third kappa shape index (κ3) is 2.75. The van der Waals surface area contributed by atoms with Crippen LogP contribution in [0.25, 0.3) is 0 Å². The number of anilines is 1. The van der Waals surface area contributed by atoms with Crippen LogP contribution in [0.2, 0.25) is 0 Å². The second-order valence-corrected chi connectivity index (χ2v) is 5.42. The summed E-state index contributed by atoms with van der Waals surface area (Å²) in [6, 6.07) is 2.10. The molecule has 1 saturated heterocycles. The number of nitrogen functional groups attached to an aromatic ring is 1. The lowest BCUT2D eigenvalue weighted by Gasteiger charge is -2.11. The number of thioether (sulfide) groups is 1. The molecule has 0 aliphatic carbocycles. The van der Waals surface area contributed by atoms with Gasteiger partial charge in [-0.25, -0.2) is 8.78 Å². The fraction of sp³-hybridized carbons (Fsp3) is 0.417. The quantitative estimate of drug-likeness (QED) is 0.828. The minimum atomic E-state index is -0.992. The number of carbonyl (C=O) groups excluding carboxylic acids is 1. The van der Waals surface area contributed by atoms with E-state index in [1.165, 1.54) is 0 Å². The number of nitrogens with one attached hydrogen (secondary N) is 1. The summed E-state index contributed by atoms with van der Waals surface area (Å²) in [5.41, 5.74) is 4.50. The van der Waals surface area contributed by atoms with E-state index < -0.39 is 23.1 Å². The normalized spacial score (nSPS) is 18.9.